The number of nitrogens with zero attached hydrogens (tertiary/aromatic N) is 2. The molecule has 2 aromatic rings. The minimum Gasteiger partial charge on any atom is -0.493 e. The Hall–Kier alpha value is -3.33. The summed E-state index contributed by atoms with van der Waals surface area (Å²) >= 11 is 0. The summed E-state index contributed by atoms with van der Waals surface area (Å²) in [5, 5.41) is 8.91. The van der Waals surface area contributed by atoms with Gasteiger partial charge < -0.3 is 14.4 Å². The molecule has 0 bridgehead atoms. The molecular formula is C22H24N2O4. The van der Waals surface area contributed by atoms with E-state index in [2.05, 4.69) is 0 Å². The smallest absolute Gasteiger partial charge is 0.342 e. The van der Waals surface area contributed by atoms with Crippen LogP contribution >= 0.6 is 0 Å². The number of aryl methyl sites for hydroxylation is 2. The number of anilines is 1. The fourth-order valence-corrected chi connectivity index (χ4v) is 2.87. The van der Waals surface area contributed by atoms with Crippen molar-refractivity contribution in [2.45, 2.75) is 27.2 Å². The van der Waals surface area contributed by atoms with Crippen molar-refractivity contribution in [1.29, 1.82) is 5.26 Å². The van der Waals surface area contributed by atoms with E-state index in [1.807, 2.05) is 45.0 Å². The van der Waals surface area contributed by atoms with E-state index in [1.165, 1.54) is 4.90 Å². The Balaban J connectivity index is 2.13. The van der Waals surface area contributed by atoms with Crippen LogP contribution in [0, 0.1) is 25.2 Å². The SMILES string of the molecule is CCOc1ccccc1C(=O)OCC(=O)N(CCC#N)c1cc(C)cc(C)c1. The Morgan fingerprint density at radius 2 is 1.79 bits per heavy atom. The van der Waals surface area contributed by atoms with Gasteiger partial charge in [0.15, 0.2) is 6.61 Å². The first kappa shape index (κ1) is 21.0. The molecule has 28 heavy (non-hydrogen) atoms. The molecule has 0 heterocycles. The Morgan fingerprint density at radius 1 is 1.11 bits per heavy atom. The fraction of sp³-hybridized carbons (Fsp3) is 0.318. The highest BCUT2D eigenvalue weighted by atomic mass is 16.5. The van der Waals surface area contributed by atoms with Gasteiger partial charge in [0, 0.05) is 12.2 Å². The molecule has 1 amide bonds. The van der Waals surface area contributed by atoms with Gasteiger partial charge in [-0.15, -0.1) is 0 Å². The van der Waals surface area contributed by atoms with Crippen molar-refractivity contribution in [2.24, 2.45) is 0 Å². The van der Waals surface area contributed by atoms with Crippen LogP contribution in [0.4, 0.5) is 5.69 Å². The van der Waals surface area contributed by atoms with E-state index < -0.39 is 12.6 Å². The highest BCUT2D eigenvalue weighted by Gasteiger charge is 2.20. The second kappa shape index (κ2) is 10.1. The zero-order chi connectivity index (χ0) is 20.5. The number of rotatable bonds is 8. The number of benzene rings is 2. The molecule has 0 aromatic heterocycles. The Kier molecular flexibility index (Phi) is 7.58. The number of nitriles is 1. The number of amides is 1. The van der Waals surface area contributed by atoms with E-state index >= 15 is 0 Å². The van der Waals surface area contributed by atoms with Crippen molar-refractivity contribution in [3.05, 3.63) is 59.2 Å². The van der Waals surface area contributed by atoms with Crippen LogP contribution < -0.4 is 9.64 Å². The van der Waals surface area contributed by atoms with E-state index in [4.69, 9.17) is 14.7 Å². The zero-order valence-corrected chi connectivity index (χ0v) is 16.4. The largest absolute Gasteiger partial charge is 0.493 e. The molecule has 6 heteroatoms. The number of para-hydroxylation sites is 1. The van der Waals surface area contributed by atoms with Gasteiger partial charge in [-0.05, 0) is 56.2 Å². The second-order valence-electron chi connectivity index (χ2n) is 6.30. The molecule has 2 aromatic carbocycles. The maximum absolute atomic E-state index is 12.7. The third kappa shape index (κ3) is 5.58. The van der Waals surface area contributed by atoms with Gasteiger partial charge in [-0.2, -0.15) is 5.26 Å². The molecule has 0 saturated heterocycles. The summed E-state index contributed by atoms with van der Waals surface area (Å²) in [6, 6.07) is 14.5. The van der Waals surface area contributed by atoms with Crippen LogP contribution in [0.15, 0.2) is 42.5 Å². The van der Waals surface area contributed by atoms with Crippen molar-refractivity contribution < 1.29 is 19.1 Å². The van der Waals surface area contributed by atoms with E-state index in [-0.39, 0.29) is 24.4 Å². The molecule has 0 unspecified atom stereocenters. The molecule has 0 radical (unpaired) electrons. The Bertz CT molecular complexity index is 866. The summed E-state index contributed by atoms with van der Waals surface area (Å²) in [6.07, 6.45) is 0.180. The van der Waals surface area contributed by atoms with Crippen LogP contribution in [0.3, 0.4) is 0 Å². The highest BCUT2D eigenvalue weighted by molar-refractivity contribution is 5.98. The van der Waals surface area contributed by atoms with Crippen molar-refractivity contribution in [1.82, 2.24) is 0 Å². The quantitative estimate of drug-likeness (QED) is 0.651. The molecule has 0 aliphatic heterocycles. The molecule has 0 spiro atoms. The number of carbonyl (C=O) groups is 2. The lowest BCUT2D eigenvalue weighted by Gasteiger charge is -2.22. The van der Waals surface area contributed by atoms with Crippen LogP contribution in [0.25, 0.3) is 0 Å². The van der Waals surface area contributed by atoms with Gasteiger partial charge in [-0.25, -0.2) is 4.79 Å². The van der Waals surface area contributed by atoms with Crippen LogP contribution in [-0.2, 0) is 9.53 Å². The molecule has 0 fully saturated rings. The summed E-state index contributed by atoms with van der Waals surface area (Å²) in [4.78, 5) is 26.6. The first-order valence-corrected chi connectivity index (χ1v) is 9.10. The summed E-state index contributed by atoms with van der Waals surface area (Å²) in [5.41, 5.74) is 2.97. The summed E-state index contributed by atoms with van der Waals surface area (Å²) < 4.78 is 10.7. The Morgan fingerprint density at radius 3 is 2.43 bits per heavy atom. The minimum atomic E-state index is -0.627. The number of ether oxygens (including phenoxy) is 2. The van der Waals surface area contributed by atoms with Crippen molar-refractivity contribution in [2.75, 3.05) is 24.7 Å². The monoisotopic (exact) mass is 380 g/mol. The fourth-order valence-electron chi connectivity index (χ4n) is 2.87. The molecule has 146 valence electrons. The van der Waals surface area contributed by atoms with Gasteiger partial charge in [-0.3, -0.25) is 4.79 Å². The number of hydrogen-bond donors (Lipinski definition) is 0. The number of carbonyl (C=O) groups excluding carboxylic acids is 2. The minimum absolute atomic E-state index is 0.180. The number of esters is 1. The van der Waals surface area contributed by atoms with Crippen LogP contribution in [0.1, 0.15) is 34.8 Å². The Labute approximate surface area is 165 Å². The van der Waals surface area contributed by atoms with Crippen LogP contribution in [0.2, 0.25) is 0 Å². The molecule has 0 N–H and O–H groups in total. The maximum Gasteiger partial charge on any atom is 0.342 e. The highest BCUT2D eigenvalue weighted by Crippen LogP contribution is 2.21. The summed E-state index contributed by atoms with van der Waals surface area (Å²) in [6.45, 7) is 5.92. The predicted octanol–water partition coefficient (Wildman–Crippen LogP) is 3.81. The molecule has 0 saturated carbocycles. The molecule has 6 nitrogen and oxygen atoms in total. The zero-order valence-electron chi connectivity index (χ0n) is 16.4. The predicted molar refractivity (Wildman–Crippen MR) is 106 cm³/mol. The van der Waals surface area contributed by atoms with E-state index in [0.717, 1.165) is 11.1 Å². The maximum atomic E-state index is 12.7. The van der Waals surface area contributed by atoms with Gasteiger partial charge >= 0.3 is 5.97 Å². The van der Waals surface area contributed by atoms with Crippen molar-refractivity contribution in [3.63, 3.8) is 0 Å². The lowest BCUT2D eigenvalue weighted by atomic mass is 10.1. The molecule has 0 atom stereocenters. The van der Waals surface area contributed by atoms with E-state index in [9.17, 15) is 9.59 Å². The van der Waals surface area contributed by atoms with E-state index in [1.54, 1.807) is 24.3 Å². The third-order valence-corrected chi connectivity index (χ3v) is 4.00. The molecule has 0 aliphatic carbocycles. The first-order chi connectivity index (χ1) is 13.5. The second-order valence-corrected chi connectivity index (χ2v) is 6.30. The average molecular weight is 380 g/mol. The lowest BCUT2D eigenvalue weighted by Crippen LogP contribution is -2.35. The molecule has 2 rings (SSSR count). The lowest BCUT2D eigenvalue weighted by molar-refractivity contribution is -0.121. The third-order valence-electron chi connectivity index (χ3n) is 4.00. The number of hydrogen-bond acceptors (Lipinski definition) is 5. The van der Waals surface area contributed by atoms with Crippen LogP contribution in [-0.4, -0.2) is 31.6 Å². The van der Waals surface area contributed by atoms with Crippen molar-refractivity contribution in [3.8, 4) is 11.8 Å². The first-order valence-electron chi connectivity index (χ1n) is 9.10. The van der Waals surface area contributed by atoms with Gasteiger partial charge in [0.1, 0.15) is 11.3 Å². The molecular weight excluding hydrogens is 356 g/mol. The van der Waals surface area contributed by atoms with Gasteiger partial charge in [0.05, 0.1) is 19.1 Å². The standard InChI is InChI=1S/C22H24N2O4/c1-4-27-20-9-6-5-8-19(20)22(26)28-15-21(25)24(11-7-10-23)18-13-16(2)12-17(3)14-18/h5-6,8-9,12-14H,4,7,11,15H2,1-3H3. The van der Waals surface area contributed by atoms with Gasteiger partial charge in [-0.1, -0.05) is 18.2 Å². The molecule has 0 aliphatic rings. The summed E-state index contributed by atoms with van der Waals surface area (Å²) in [5.74, 6) is -0.598. The normalized spacial score (nSPS) is 10.1. The van der Waals surface area contributed by atoms with Crippen LogP contribution in [0.5, 0.6) is 5.75 Å². The topological polar surface area (TPSA) is 79.6 Å². The summed E-state index contributed by atoms with van der Waals surface area (Å²) in [7, 11) is 0. The van der Waals surface area contributed by atoms with Crippen molar-refractivity contribution >= 4 is 17.6 Å². The van der Waals surface area contributed by atoms with Gasteiger partial charge in [0.25, 0.3) is 5.91 Å². The van der Waals surface area contributed by atoms with Gasteiger partial charge in [0.2, 0.25) is 0 Å². The average Bonchev–Trinajstić information content (AvgIpc) is 2.66. The van der Waals surface area contributed by atoms with E-state index in [0.29, 0.717) is 18.0 Å².